The van der Waals surface area contributed by atoms with Gasteiger partial charge in [0.1, 0.15) is 0 Å². The second-order valence-electron chi connectivity index (χ2n) is 4.71. The third-order valence-corrected chi connectivity index (χ3v) is 4.27. The Labute approximate surface area is 122 Å². The first-order chi connectivity index (χ1) is 9.11. The number of hydrazine groups is 1. The normalized spacial score (nSPS) is 12.6. The SMILES string of the molecule is Cc1ccc(C(CCc2ccnn2C)NN)cc1Br. The Morgan fingerprint density at radius 2 is 2.21 bits per heavy atom. The van der Waals surface area contributed by atoms with E-state index >= 15 is 0 Å². The van der Waals surface area contributed by atoms with E-state index in [2.05, 4.69) is 51.6 Å². The lowest BCUT2D eigenvalue weighted by Gasteiger charge is -2.17. The van der Waals surface area contributed by atoms with Crippen LogP contribution in [0.25, 0.3) is 0 Å². The summed E-state index contributed by atoms with van der Waals surface area (Å²) >= 11 is 3.56. The van der Waals surface area contributed by atoms with Gasteiger partial charge in [0, 0.05) is 29.5 Å². The van der Waals surface area contributed by atoms with Crippen LogP contribution in [0.3, 0.4) is 0 Å². The summed E-state index contributed by atoms with van der Waals surface area (Å²) < 4.78 is 3.02. The Hall–Kier alpha value is -1.17. The van der Waals surface area contributed by atoms with Gasteiger partial charge in [-0.15, -0.1) is 0 Å². The van der Waals surface area contributed by atoms with Crippen LogP contribution in [0.5, 0.6) is 0 Å². The highest BCUT2D eigenvalue weighted by atomic mass is 79.9. The maximum atomic E-state index is 5.68. The molecule has 0 amide bonds. The molecule has 4 nitrogen and oxygen atoms in total. The van der Waals surface area contributed by atoms with E-state index in [0.29, 0.717) is 0 Å². The predicted molar refractivity (Wildman–Crippen MR) is 80.5 cm³/mol. The number of hydrogen-bond acceptors (Lipinski definition) is 3. The lowest BCUT2D eigenvalue weighted by atomic mass is 10.0. The van der Waals surface area contributed by atoms with Crippen molar-refractivity contribution < 1.29 is 0 Å². The number of rotatable bonds is 5. The van der Waals surface area contributed by atoms with Gasteiger partial charge < -0.3 is 0 Å². The lowest BCUT2D eigenvalue weighted by molar-refractivity contribution is 0.506. The van der Waals surface area contributed by atoms with Crippen LogP contribution >= 0.6 is 15.9 Å². The van der Waals surface area contributed by atoms with Crippen molar-refractivity contribution in [1.29, 1.82) is 0 Å². The molecule has 0 aliphatic rings. The van der Waals surface area contributed by atoms with E-state index in [4.69, 9.17) is 5.84 Å². The van der Waals surface area contributed by atoms with Gasteiger partial charge in [-0.2, -0.15) is 5.10 Å². The molecule has 3 N–H and O–H groups in total. The van der Waals surface area contributed by atoms with Crippen molar-refractivity contribution in [2.45, 2.75) is 25.8 Å². The number of aromatic nitrogens is 2. The molecule has 102 valence electrons. The first-order valence-electron chi connectivity index (χ1n) is 6.31. The summed E-state index contributed by atoms with van der Waals surface area (Å²) in [6, 6.07) is 8.54. The molecule has 2 rings (SSSR count). The van der Waals surface area contributed by atoms with Crippen molar-refractivity contribution in [2.75, 3.05) is 0 Å². The predicted octanol–water partition coefficient (Wildman–Crippen LogP) is 2.63. The summed E-state index contributed by atoms with van der Waals surface area (Å²) in [7, 11) is 1.96. The van der Waals surface area contributed by atoms with Crippen molar-refractivity contribution in [3.05, 3.63) is 51.8 Å². The molecular weight excluding hydrogens is 304 g/mol. The number of nitrogens with two attached hydrogens (primary N) is 1. The molecular formula is C14H19BrN4. The molecule has 1 heterocycles. The van der Waals surface area contributed by atoms with E-state index in [-0.39, 0.29) is 6.04 Å². The average molecular weight is 323 g/mol. The largest absolute Gasteiger partial charge is 0.273 e. The minimum absolute atomic E-state index is 0.145. The number of aryl methyl sites for hydroxylation is 3. The van der Waals surface area contributed by atoms with Gasteiger partial charge in [-0.05, 0) is 43.0 Å². The highest BCUT2D eigenvalue weighted by Gasteiger charge is 2.12. The van der Waals surface area contributed by atoms with Gasteiger partial charge in [0.15, 0.2) is 0 Å². The Kier molecular flexibility index (Phi) is 4.74. The highest BCUT2D eigenvalue weighted by molar-refractivity contribution is 9.10. The van der Waals surface area contributed by atoms with E-state index in [1.165, 1.54) is 16.8 Å². The van der Waals surface area contributed by atoms with Crippen LogP contribution in [0, 0.1) is 6.92 Å². The number of nitrogens with zero attached hydrogens (tertiary/aromatic N) is 2. The van der Waals surface area contributed by atoms with E-state index in [1.54, 1.807) is 0 Å². The molecule has 1 aromatic heterocycles. The first-order valence-corrected chi connectivity index (χ1v) is 7.10. The molecule has 0 saturated carbocycles. The number of benzene rings is 1. The fourth-order valence-corrected chi connectivity index (χ4v) is 2.51. The molecule has 0 bridgehead atoms. The molecule has 1 unspecified atom stereocenters. The molecule has 0 aliphatic carbocycles. The quantitative estimate of drug-likeness (QED) is 0.657. The van der Waals surface area contributed by atoms with Crippen molar-refractivity contribution >= 4 is 15.9 Å². The van der Waals surface area contributed by atoms with E-state index in [0.717, 1.165) is 17.3 Å². The molecule has 1 atom stereocenters. The van der Waals surface area contributed by atoms with Gasteiger partial charge >= 0.3 is 0 Å². The van der Waals surface area contributed by atoms with E-state index in [1.807, 2.05) is 24.0 Å². The Bertz CT molecular complexity index is 550. The summed E-state index contributed by atoms with van der Waals surface area (Å²) in [6.07, 6.45) is 3.70. The maximum absolute atomic E-state index is 5.68. The van der Waals surface area contributed by atoms with Crippen molar-refractivity contribution in [2.24, 2.45) is 12.9 Å². The van der Waals surface area contributed by atoms with Crippen molar-refractivity contribution in [3.63, 3.8) is 0 Å². The van der Waals surface area contributed by atoms with Crippen LogP contribution in [0.2, 0.25) is 0 Å². The third-order valence-electron chi connectivity index (χ3n) is 3.41. The number of nitrogens with one attached hydrogen (secondary N) is 1. The molecule has 0 fully saturated rings. The van der Waals surface area contributed by atoms with Gasteiger partial charge in [-0.3, -0.25) is 16.0 Å². The molecule has 0 radical (unpaired) electrons. The Morgan fingerprint density at radius 3 is 2.79 bits per heavy atom. The minimum atomic E-state index is 0.145. The molecule has 0 aliphatic heterocycles. The number of halogens is 1. The fourth-order valence-electron chi connectivity index (χ4n) is 2.11. The van der Waals surface area contributed by atoms with Crippen LogP contribution in [0.15, 0.2) is 34.9 Å². The standard InChI is InChI=1S/C14H19BrN4/c1-10-3-4-11(9-13(10)15)14(18-16)6-5-12-7-8-17-19(12)2/h3-4,7-9,14,18H,5-6,16H2,1-2H3. The van der Waals surface area contributed by atoms with Crippen molar-refractivity contribution in [3.8, 4) is 0 Å². The van der Waals surface area contributed by atoms with E-state index < -0.39 is 0 Å². The maximum Gasteiger partial charge on any atom is 0.0492 e. The Morgan fingerprint density at radius 1 is 1.42 bits per heavy atom. The fraction of sp³-hybridized carbons (Fsp3) is 0.357. The smallest absolute Gasteiger partial charge is 0.0492 e. The molecule has 0 saturated heterocycles. The zero-order chi connectivity index (χ0) is 13.8. The second-order valence-corrected chi connectivity index (χ2v) is 5.57. The van der Waals surface area contributed by atoms with Crippen LogP contribution < -0.4 is 11.3 Å². The zero-order valence-corrected chi connectivity index (χ0v) is 12.8. The van der Waals surface area contributed by atoms with E-state index in [9.17, 15) is 0 Å². The Balaban J connectivity index is 2.07. The molecule has 2 aromatic rings. The van der Waals surface area contributed by atoms with Crippen LogP contribution in [0.1, 0.15) is 29.3 Å². The molecule has 19 heavy (non-hydrogen) atoms. The summed E-state index contributed by atoms with van der Waals surface area (Å²) in [5, 5.41) is 4.18. The molecule has 1 aromatic carbocycles. The topological polar surface area (TPSA) is 55.9 Å². The second kappa shape index (κ2) is 6.32. The summed E-state index contributed by atoms with van der Waals surface area (Å²) in [5.41, 5.74) is 6.54. The lowest BCUT2D eigenvalue weighted by Crippen LogP contribution is -2.28. The minimum Gasteiger partial charge on any atom is -0.273 e. The van der Waals surface area contributed by atoms with Gasteiger partial charge in [0.05, 0.1) is 0 Å². The average Bonchev–Trinajstić information content (AvgIpc) is 2.80. The van der Waals surface area contributed by atoms with Gasteiger partial charge in [-0.25, -0.2) is 0 Å². The molecule has 5 heteroatoms. The first kappa shape index (κ1) is 14.2. The summed E-state index contributed by atoms with van der Waals surface area (Å²) in [4.78, 5) is 0. The summed E-state index contributed by atoms with van der Waals surface area (Å²) in [6.45, 7) is 2.08. The molecule has 0 spiro atoms. The highest BCUT2D eigenvalue weighted by Crippen LogP contribution is 2.24. The van der Waals surface area contributed by atoms with Crippen LogP contribution in [-0.4, -0.2) is 9.78 Å². The zero-order valence-electron chi connectivity index (χ0n) is 11.2. The number of hydrogen-bond donors (Lipinski definition) is 2. The monoisotopic (exact) mass is 322 g/mol. The van der Waals surface area contributed by atoms with Crippen LogP contribution in [0.4, 0.5) is 0 Å². The third kappa shape index (κ3) is 3.43. The van der Waals surface area contributed by atoms with Crippen molar-refractivity contribution in [1.82, 2.24) is 15.2 Å². The van der Waals surface area contributed by atoms with Gasteiger partial charge in [0.2, 0.25) is 0 Å². The van der Waals surface area contributed by atoms with Gasteiger partial charge in [0.25, 0.3) is 0 Å². The van der Waals surface area contributed by atoms with Crippen LogP contribution in [-0.2, 0) is 13.5 Å². The van der Waals surface area contributed by atoms with Gasteiger partial charge in [-0.1, -0.05) is 28.1 Å². The summed E-state index contributed by atoms with van der Waals surface area (Å²) in [5.74, 6) is 5.68.